The molecule has 1 aliphatic rings. The molecule has 1 aromatic rings. The summed E-state index contributed by atoms with van der Waals surface area (Å²) < 4.78 is 38.5. The van der Waals surface area contributed by atoms with Crippen LogP contribution in [0.3, 0.4) is 0 Å². The summed E-state index contributed by atoms with van der Waals surface area (Å²) in [6.07, 6.45) is -2.20. The minimum atomic E-state index is -4.30. The van der Waals surface area contributed by atoms with Crippen molar-refractivity contribution in [3.8, 4) is 0 Å². The van der Waals surface area contributed by atoms with Crippen molar-refractivity contribution < 1.29 is 13.2 Å². The highest BCUT2D eigenvalue weighted by atomic mass is 19.4. The van der Waals surface area contributed by atoms with E-state index in [0.29, 0.717) is 6.54 Å². The molecule has 0 saturated carbocycles. The summed E-state index contributed by atoms with van der Waals surface area (Å²) in [6.45, 7) is 1.60. The Morgan fingerprint density at radius 3 is 2.19 bits per heavy atom. The second-order valence-corrected chi connectivity index (χ2v) is 7.38. The number of nitrogens with zero attached hydrogens (tertiary/aromatic N) is 4. The predicted octanol–water partition coefficient (Wildman–Crippen LogP) is 3.57. The van der Waals surface area contributed by atoms with Crippen LogP contribution in [0.4, 0.5) is 13.2 Å². The molecule has 1 aromatic carbocycles. The van der Waals surface area contributed by atoms with Crippen LogP contribution in [0.1, 0.15) is 30.0 Å². The maximum absolute atomic E-state index is 12.8. The van der Waals surface area contributed by atoms with Crippen molar-refractivity contribution in [1.29, 1.82) is 0 Å². The molecule has 1 heterocycles. The number of aliphatic imine (C=N–C) groups is 1. The maximum atomic E-state index is 12.8. The Labute approximate surface area is 154 Å². The molecular formula is C19H29F3N4. The number of benzene rings is 1. The first-order chi connectivity index (χ1) is 12.1. The molecular weight excluding hydrogens is 341 g/mol. The van der Waals surface area contributed by atoms with Gasteiger partial charge in [-0.2, -0.15) is 13.2 Å². The number of hydrogen-bond acceptors (Lipinski definition) is 2. The van der Waals surface area contributed by atoms with Gasteiger partial charge in [0.2, 0.25) is 0 Å². The minimum Gasteiger partial charge on any atom is -0.349 e. The number of alkyl halides is 3. The van der Waals surface area contributed by atoms with Gasteiger partial charge in [-0.15, -0.1) is 0 Å². The van der Waals surface area contributed by atoms with E-state index in [1.807, 2.05) is 45.0 Å². The first-order valence-corrected chi connectivity index (χ1v) is 8.87. The average Bonchev–Trinajstić information content (AvgIpc) is 2.54. The lowest BCUT2D eigenvalue weighted by molar-refractivity contribution is -0.137. The van der Waals surface area contributed by atoms with Gasteiger partial charge >= 0.3 is 6.18 Å². The SMILES string of the molecule is CN(C)C(=NCC1CCCN(C)C1c1ccc(C(F)(F)F)cc1)N(C)C. The molecule has 146 valence electrons. The third-order valence-corrected chi connectivity index (χ3v) is 4.85. The lowest BCUT2D eigenvalue weighted by atomic mass is 9.84. The third kappa shape index (κ3) is 4.90. The van der Waals surface area contributed by atoms with Gasteiger partial charge in [-0.25, -0.2) is 0 Å². The van der Waals surface area contributed by atoms with Gasteiger partial charge in [0.05, 0.1) is 5.56 Å². The minimum absolute atomic E-state index is 0.0837. The Morgan fingerprint density at radius 2 is 1.69 bits per heavy atom. The van der Waals surface area contributed by atoms with E-state index in [0.717, 1.165) is 30.9 Å². The normalized spacial score (nSPS) is 21.4. The fourth-order valence-electron chi connectivity index (χ4n) is 3.73. The van der Waals surface area contributed by atoms with Crippen LogP contribution in [-0.4, -0.2) is 69.0 Å². The zero-order valence-electron chi connectivity index (χ0n) is 16.2. The topological polar surface area (TPSA) is 22.1 Å². The second-order valence-electron chi connectivity index (χ2n) is 7.38. The van der Waals surface area contributed by atoms with Crippen LogP contribution in [0.5, 0.6) is 0 Å². The molecule has 0 bridgehead atoms. The number of piperidine rings is 1. The zero-order valence-corrected chi connectivity index (χ0v) is 16.2. The summed E-state index contributed by atoms with van der Waals surface area (Å²) in [5, 5.41) is 0. The average molecular weight is 370 g/mol. The molecule has 7 heteroatoms. The molecule has 0 radical (unpaired) electrons. The second kappa shape index (κ2) is 8.29. The zero-order chi connectivity index (χ0) is 19.5. The number of halogens is 3. The molecule has 1 fully saturated rings. The highest BCUT2D eigenvalue weighted by molar-refractivity contribution is 5.79. The van der Waals surface area contributed by atoms with Crippen molar-refractivity contribution in [2.45, 2.75) is 25.1 Å². The fraction of sp³-hybridized carbons (Fsp3) is 0.632. The highest BCUT2D eigenvalue weighted by Gasteiger charge is 2.33. The molecule has 26 heavy (non-hydrogen) atoms. The molecule has 0 spiro atoms. The van der Waals surface area contributed by atoms with Gasteiger partial charge in [-0.1, -0.05) is 12.1 Å². The van der Waals surface area contributed by atoms with Crippen LogP contribution < -0.4 is 0 Å². The van der Waals surface area contributed by atoms with Gasteiger partial charge in [-0.05, 0) is 50.0 Å². The summed E-state index contributed by atoms with van der Waals surface area (Å²) in [7, 11) is 9.87. The predicted molar refractivity (Wildman–Crippen MR) is 99.2 cm³/mol. The number of hydrogen-bond donors (Lipinski definition) is 0. The van der Waals surface area contributed by atoms with E-state index < -0.39 is 11.7 Å². The van der Waals surface area contributed by atoms with Gasteiger partial charge in [-0.3, -0.25) is 9.89 Å². The lowest BCUT2D eigenvalue weighted by Gasteiger charge is -2.39. The highest BCUT2D eigenvalue weighted by Crippen LogP contribution is 2.37. The molecule has 1 aliphatic heterocycles. The van der Waals surface area contributed by atoms with Crippen molar-refractivity contribution in [3.05, 3.63) is 35.4 Å². The van der Waals surface area contributed by atoms with Gasteiger partial charge in [0, 0.05) is 40.8 Å². The molecule has 1 saturated heterocycles. The van der Waals surface area contributed by atoms with Crippen molar-refractivity contribution in [1.82, 2.24) is 14.7 Å². The first-order valence-electron chi connectivity index (χ1n) is 8.87. The third-order valence-electron chi connectivity index (χ3n) is 4.85. The molecule has 0 amide bonds. The van der Waals surface area contributed by atoms with Gasteiger partial charge in [0.25, 0.3) is 0 Å². The van der Waals surface area contributed by atoms with Crippen molar-refractivity contribution in [2.24, 2.45) is 10.9 Å². The Morgan fingerprint density at radius 1 is 1.12 bits per heavy atom. The van der Waals surface area contributed by atoms with Crippen LogP contribution in [-0.2, 0) is 6.18 Å². The largest absolute Gasteiger partial charge is 0.416 e. The van der Waals surface area contributed by atoms with Crippen molar-refractivity contribution in [2.75, 3.05) is 48.3 Å². The Kier molecular flexibility index (Phi) is 6.55. The monoisotopic (exact) mass is 370 g/mol. The molecule has 0 N–H and O–H groups in total. The van der Waals surface area contributed by atoms with E-state index in [4.69, 9.17) is 4.99 Å². The Hall–Kier alpha value is -1.76. The van der Waals surface area contributed by atoms with E-state index in [2.05, 4.69) is 4.90 Å². The molecule has 4 nitrogen and oxygen atoms in total. The first kappa shape index (κ1) is 20.6. The van der Waals surface area contributed by atoms with Gasteiger partial charge in [0.1, 0.15) is 0 Å². The van der Waals surface area contributed by atoms with Crippen LogP contribution in [0.25, 0.3) is 0 Å². The van der Waals surface area contributed by atoms with E-state index in [9.17, 15) is 13.2 Å². The fourth-order valence-corrected chi connectivity index (χ4v) is 3.73. The summed E-state index contributed by atoms with van der Waals surface area (Å²) in [5.41, 5.74) is 0.327. The van der Waals surface area contributed by atoms with Gasteiger partial charge in [0.15, 0.2) is 5.96 Å². The summed E-state index contributed by atoms with van der Waals surface area (Å²) in [4.78, 5) is 11.0. The molecule has 0 aliphatic carbocycles. The van der Waals surface area contributed by atoms with E-state index >= 15 is 0 Å². The summed E-state index contributed by atoms with van der Waals surface area (Å²) >= 11 is 0. The van der Waals surface area contributed by atoms with Crippen molar-refractivity contribution >= 4 is 5.96 Å². The van der Waals surface area contributed by atoms with Crippen LogP contribution >= 0.6 is 0 Å². The van der Waals surface area contributed by atoms with E-state index in [1.54, 1.807) is 12.1 Å². The maximum Gasteiger partial charge on any atom is 0.416 e. The quantitative estimate of drug-likeness (QED) is 0.600. The Balaban J connectivity index is 2.24. The molecule has 0 aromatic heterocycles. The smallest absolute Gasteiger partial charge is 0.349 e. The van der Waals surface area contributed by atoms with Gasteiger partial charge < -0.3 is 9.80 Å². The molecule has 2 rings (SSSR count). The van der Waals surface area contributed by atoms with E-state index in [-0.39, 0.29) is 12.0 Å². The number of guanidine groups is 1. The standard InChI is InChI=1S/C19H29F3N4/c1-24(2)18(25(3)4)23-13-15-7-6-12-26(5)17(15)14-8-10-16(11-9-14)19(20,21)22/h8-11,15,17H,6-7,12-13H2,1-5H3. The van der Waals surface area contributed by atoms with Crippen LogP contribution in [0.15, 0.2) is 29.3 Å². The van der Waals surface area contributed by atoms with Crippen LogP contribution in [0.2, 0.25) is 0 Å². The number of likely N-dealkylation sites (tertiary alicyclic amines) is 1. The number of rotatable bonds is 3. The molecule has 2 unspecified atom stereocenters. The van der Waals surface area contributed by atoms with Crippen LogP contribution in [0, 0.1) is 5.92 Å². The molecule has 2 atom stereocenters. The lowest BCUT2D eigenvalue weighted by Crippen LogP contribution is -2.39. The summed E-state index contributed by atoms with van der Waals surface area (Å²) in [5.74, 6) is 1.17. The van der Waals surface area contributed by atoms with E-state index in [1.165, 1.54) is 12.1 Å². The Bertz CT molecular complexity index is 598. The summed E-state index contributed by atoms with van der Waals surface area (Å²) in [6, 6.07) is 5.68. The van der Waals surface area contributed by atoms with Crippen molar-refractivity contribution in [3.63, 3.8) is 0 Å².